The van der Waals surface area contributed by atoms with Gasteiger partial charge in [0.25, 0.3) is 0 Å². The molecule has 1 heteroatoms. The number of ether oxygens (including phenoxy) is 1. The highest BCUT2D eigenvalue weighted by Gasteiger charge is 1.96. The van der Waals surface area contributed by atoms with Gasteiger partial charge in [-0.3, -0.25) is 0 Å². The monoisotopic (exact) mass is 197 g/mol. The molecule has 1 nitrogen and oxygen atoms in total. The van der Waals surface area contributed by atoms with Crippen LogP contribution in [0.1, 0.15) is 12.5 Å². The zero-order valence-corrected chi connectivity index (χ0v) is 8.73. The minimum absolute atomic E-state index is 0.825. The molecule has 0 fully saturated rings. The molecule has 15 heavy (non-hydrogen) atoms. The highest BCUT2D eigenvalue weighted by atomic mass is 16.5. The van der Waals surface area contributed by atoms with Crippen molar-refractivity contribution in [3.63, 3.8) is 0 Å². The first-order chi connectivity index (χ1) is 7.38. The molecular weight excluding hydrogens is 184 g/mol. The quantitative estimate of drug-likeness (QED) is 0.726. The summed E-state index contributed by atoms with van der Waals surface area (Å²) in [5.74, 6) is 1.71. The Labute approximate surface area is 90.3 Å². The molecule has 0 saturated carbocycles. The first-order valence-corrected chi connectivity index (χ1v) is 5.11. The standard InChI is InChI=1S/C14H13O/c1-2-12-7-6-10-14(11-12)15-13-8-4-3-5-9-13/h3-4,6-11H,2H2,1H3. The molecule has 0 aliphatic carbocycles. The molecule has 2 rings (SSSR count). The predicted molar refractivity (Wildman–Crippen MR) is 61.2 cm³/mol. The number of rotatable bonds is 3. The van der Waals surface area contributed by atoms with Crippen LogP contribution in [0.15, 0.2) is 48.5 Å². The molecular formula is C14H13O. The van der Waals surface area contributed by atoms with Crippen molar-refractivity contribution in [1.29, 1.82) is 0 Å². The van der Waals surface area contributed by atoms with Crippen LogP contribution in [0.3, 0.4) is 0 Å². The van der Waals surface area contributed by atoms with Crippen molar-refractivity contribution >= 4 is 0 Å². The van der Waals surface area contributed by atoms with Gasteiger partial charge < -0.3 is 4.74 Å². The van der Waals surface area contributed by atoms with E-state index in [0.717, 1.165) is 17.9 Å². The fourth-order valence-electron chi connectivity index (χ4n) is 1.41. The summed E-state index contributed by atoms with van der Waals surface area (Å²) in [4.78, 5) is 0. The summed E-state index contributed by atoms with van der Waals surface area (Å²) in [6, 6.07) is 18.7. The second-order valence-corrected chi connectivity index (χ2v) is 3.34. The molecule has 0 aromatic heterocycles. The molecule has 2 aromatic carbocycles. The zero-order chi connectivity index (χ0) is 10.5. The van der Waals surface area contributed by atoms with Gasteiger partial charge in [0.2, 0.25) is 0 Å². The van der Waals surface area contributed by atoms with Gasteiger partial charge in [0, 0.05) is 0 Å². The molecule has 0 aliphatic rings. The molecule has 0 spiro atoms. The van der Waals surface area contributed by atoms with Gasteiger partial charge in [-0.15, -0.1) is 0 Å². The number of hydrogen-bond donors (Lipinski definition) is 0. The van der Waals surface area contributed by atoms with Gasteiger partial charge in [-0.2, -0.15) is 0 Å². The Kier molecular flexibility index (Phi) is 3.03. The van der Waals surface area contributed by atoms with E-state index < -0.39 is 0 Å². The van der Waals surface area contributed by atoms with E-state index in [9.17, 15) is 0 Å². The molecule has 0 unspecified atom stereocenters. The van der Waals surface area contributed by atoms with Crippen LogP contribution in [-0.4, -0.2) is 0 Å². The number of benzene rings is 2. The Hall–Kier alpha value is -1.76. The molecule has 2 aromatic rings. The summed E-state index contributed by atoms with van der Waals surface area (Å²) in [5.41, 5.74) is 1.28. The molecule has 0 heterocycles. The van der Waals surface area contributed by atoms with E-state index in [1.807, 2.05) is 36.4 Å². The SMILES string of the molecule is CCc1cccc(Oc2c[c]ccc2)c1. The van der Waals surface area contributed by atoms with E-state index in [1.54, 1.807) is 0 Å². The van der Waals surface area contributed by atoms with Crippen molar-refractivity contribution in [1.82, 2.24) is 0 Å². The summed E-state index contributed by atoms with van der Waals surface area (Å²) >= 11 is 0. The lowest BCUT2D eigenvalue weighted by atomic mass is 10.2. The van der Waals surface area contributed by atoms with Crippen LogP contribution < -0.4 is 4.74 Å². The Balaban J connectivity index is 2.17. The lowest BCUT2D eigenvalue weighted by Crippen LogP contribution is -1.85. The van der Waals surface area contributed by atoms with Crippen molar-refractivity contribution in [2.24, 2.45) is 0 Å². The van der Waals surface area contributed by atoms with E-state index >= 15 is 0 Å². The smallest absolute Gasteiger partial charge is 0.128 e. The van der Waals surface area contributed by atoms with Crippen molar-refractivity contribution in [3.8, 4) is 11.5 Å². The predicted octanol–water partition coefficient (Wildman–Crippen LogP) is 3.84. The van der Waals surface area contributed by atoms with Gasteiger partial charge in [0.05, 0.1) is 0 Å². The molecule has 0 saturated heterocycles. The Morgan fingerprint density at radius 3 is 2.73 bits per heavy atom. The van der Waals surface area contributed by atoms with Gasteiger partial charge in [-0.25, -0.2) is 0 Å². The van der Waals surface area contributed by atoms with Gasteiger partial charge in [-0.1, -0.05) is 31.2 Å². The molecule has 0 amide bonds. The number of aryl methyl sites for hydroxylation is 1. The van der Waals surface area contributed by atoms with E-state index in [0.29, 0.717) is 0 Å². The van der Waals surface area contributed by atoms with Crippen LogP contribution in [0, 0.1) is 6.07 Å². The fourth-order valence-corrected chi connectivity index (χ4v) is 1.41. The Morgan fingerprint density at radius 1 is 1.13 bits per heavy atom. The molecule has 0 N–H and O–H groups in total. The van der Waals surface area contributed by atoms with Gasteiger partial charge in [0.1, 0.15) is 11.5 Å². The Bertz CT molecular complexity index is 420. The maximum absolute atomic E-state index is 5.69. The van der Waals surface area contributed by atoms with Crippen LogP contribution in [0.2, 0.25) is 0 Å². The van der Waals surface area contributed by atoms with Gasteiger partial charge >= 0.3 is 0 Å². The van der Waals surface area contributed by atoms with Crippen molar-refractivity contribution < 1.29 is 4.74 Å². The maximum atomic E-state index is 5.69. The molecule has 0 aliphatic heterocycles. The minimum atomic E-state index is 0.825. The van der Waals surface area contributed by atoms with Crippen molar-refractivity contribution in [2.45, 2.75) is 13.3 Å². The first kappa shape index (κ1) is 9.78. The van der Waals surface area contributed by atoms with Crippen LogP contribution >= 0.6 is 0 Å². The summed E-state index contributed by atoms with van der Waals surface area (Å²) in [5, 5.41) is 0. The van der Waals surface area contributed by atoms with E-state index in [-0.39, 0.29) is 0 Å². The molecule has 1 radical (unpaired) electrons. The Morgan fingerprint density at radius 2 is 2.00 bits per heavy atom. The van der Waals surface area contributed by atoms with E-state index in [4.69, 9.17) is 4.74 Å². The second kappa shape index (κ2) is 4.65. The van der Waals surface area contributed by atoms with Crippen molar-refractivity contribution in [3.05, 3.63) is 60.2 Å². The highest BCUT2D eigenvalue weighted by molar-refractivity contribution is 5.33. The maximum Gasteiger partial charge on any atom is 0.128 e. The molecule has 0 atom stereocenters. The summed E-state index contributed by atoms with van der Waals surface area (Å²) in [6.45, 7) is 2.13. The number of hydrogen-bond acceptors (Lipinski definition) is 1. The van der Waals surface area contributed by atoms with E-state index in [2.05, 4.69) is 25.1 Å². The van der Waals surface area contributed by atoms with Crippen LogP contribution in [0.4, 0.5) is 0 Å². The largest absolute Gasteiger partial charge is 0.457 e. The first-order valence-electron chi connectivity index (χ1n) is 5.11. The second-order valence-electron chi connectivity index (χ2n) is 3.34. The lowest BCUT2D eigenvalue weighted by Gasteiger charge is -2.06. The molecule has 0 bridgehead atoms. The summed E-state index contributed by atoms with van der Waals surface area (Å²) in [6.07, 6.45) is 1.03. The summed E-state index contributed by atoms with van der Waals surface area (Å²) < 4.78 is 5.69. The average molecular weight is 197 g/mol. The van der Waals surface area contributed by atoms with Crippen LogP contribution in [0.25, 0.3) is 0 Å². The lowest BCUT2D eigenvalue weighted by molar-refractivity contribution is 0.482. The topological polar surface area (TPSA) is 9.23 Å². The highest BCUT2D eigenvalue weighted by Crippen LogP contribution is 2.21. The average Bonchev–Trinajstić information content (AvgIpc) is 2.31. The van der Waals surface area contributed by atoms with Gasteiger partial charge in [-0.05, 0) is 42.3 Å². The minimum Gasteiger partial charge on any atom is -0.457 e. The normalized spacial score (nSPS) is 9.93. The summed E-state index contributed by atoms with van der Waals surface area (Å²) in [7, 11) is 0. The zero-order valence-electron chi connectivity index (χ0n) is 8.73. The third kappa shape index (κ3) is 2.59. The van der Waals surface area contributed by atoms with E-state index in [1.165, 1.54) is 5.56 Å². The van der Waals surface area contributed by atoms with Crippen molar-refractivity contribution in [2.75, 3.05) is 0 Å². The fraction of sp³-hybridized carbons (Fsp3) is 0.143. The van der Waals surface area contributed by atoms with Gasteiger partial charge in [0.15, 0.2) is 0 Å². The van der Waals surface area contributed by atoms with Crippen LogP contribution in [0.5, 0.6) is 11.5 Å². The molecule has 75 valence electrons. The third-order valence-electron chi connectivity index (χ3n) is 2.22. The third-order valence-corrected chi connectivity index (χ3v) is 2.22. The van der Waals surface area contributed by atoms with Crippen LogP contribution in [-0.2, 0) is 6.42 Å².